The second-order valence-electron chi connectivity index (χ2n) is 3.67. The maximum absolute atomic E-state index is 13.6. The van der Waals surface area contributed by atoms with E-state index in [9.17, 15) is 9.18 Å². The molecule has 17 heavy (non-hydrogen) atoms. The van der Waals surface area contributed by atoms with Gasteiger partial charge in [0.1, 0.15) is 5.82 Å². The van der Waals surface area contributed by atoms with E-state index in [0.29, 0.717) is 12.0 Å². The van der Waals surface area contributed by atoms with Gasteiger partial charge in [0.05, 0.1) is 12.2 Å². The van der Waals surface area contributed by atoms with Gasteiger partial charge in [-0.1, -0.05) is 11.8 Å². The van der Waals surface area contributed by atoms with Crippen LogP contribution in [0, 0.1) is 17.7 Å². The van der Waals surface area contributed by atoms with Crippen LogP contribution >= 0.6 is 0 Å². The fourth-order valence-electron chi connectivity index (χ4n) is 1.22. The Balaban J connectivity index is 2.95. The normalized spacial score (nSPS) is 9.41. The second-order valence-corrected chi connectivity index (χ2v) is 3.67. The number of rotatable bonds is 2. The van der Waals surface area contributed by atoms with Crippen LogP contribution in [0.2, 0.25) is 0 Å². The van der Waals surface area contributed by atoms with Crippen LogP contribution in [0.4, 0.5) is 4.39 Å². The van der Waals surface area contributed by atoms with Gasteiger partial charge in [-0.25, -0.2) is 4.39 Å². The number of hydrogen-bond donors (Lipinski definition) is 1. The molecule has 0 unspecified atom stereocenters. The molecule has 90 valence electrons. The monoisotopic (exact) mass is 235 g/mol. The van der Waals surface area contributed by atoms with E-state index in [-0.39, 0.29) is 18.1 Å². The molecule has 0 aromatic heterocycles. The van der Waals surface area contributed by atoms with Crippen LogP contribution in [0.15, 0.2) is 18.2 Å². The smallest absolute Gasteiger partial charge is 0.253 e. The first kappa shape index (κ1) is 13.2. The number of nitrogens with zero attached hydrogens (tertiary/aromatic N) is 1. The summed E-state index contributed by atoms with van der Waals surface area (Å²) in [6.45, 7) is -0.0498. The molecule has 0 fully saturated rings. The number of aliphatic hydroxyl groups excluding tert-OH is 1. The summed E-state index contributed by atoms with van der Waals surface area (Å²) in [5.41, 5.74) is 0.522. The summed E-state index contributed by atoms with van der Waals surface area (Å²) in [5.74, 6) is 4.45. The molecule has 0 atom stereocenters. The van der Waals surface area contributed by atoms with Gasteiger partial charge in [0.15, 0.2) is 0 Å². The van der Waals surface area contributed by atoms with Crippen molar-refractivity contribution >= 4 is 5.91 Å². The Morgan fingerprint density at radius 2 is 2.18 bits per heavy atom. The Morgan fingerprint density at radius 1 is 1.47 bits per heavy atom. The third-order valence-corrected chi connectivity index (χ3v) is 2.08. The maximum Gasteiger partial charge on any atom is 0.253 e. The summed E-state index contributed by atoms with van der Waals surface area (Å²) in [4.78, 5) is 12.9. The van der Waals surface area contributed by atoms with Gasteiger partial charge in [-0.05, 0) is 18.2 Å². The van der Waals surface area contributed by atoms with E-state index in [1.807, 2.05) is 0 Å². The number of carbonyl (C=O) groups is 1. The molecule has 0 bridgehead atoms. The average molecular weight is 235 g/mol. The van der Waals surface area contributed by atoms with E-state index >= 15 is 0 Å². The standard InChI is InChI=1S/C13H14FNO2/c1-15(2)13(17)11-7-6-10(12(14)9-11)5-3-4-8-16/h6-7,9,16H,4,8H2,1-2H3. The third kappa shape index (κ3) is 3.58. The fourth-order valence-corrected chi connectivity index (χ4v) is 1.22. The molecular weight excluding hydrogens is 221 g/mol. The SMILES string of the molecule is CN(C)C(=O)c1ccc(C#CCCO)c(F)c1. The zero-order chi connectivity index (χ0) is 12.8. The van der Waals surface area contributed by atoms with Crippen LogP contribution < -0.4 is 0 Å². The van der Waals surface area contributed by atoms with Gasteiger partial charge in [0, 0.05) is 26.1 Å². The lowest BCUT2D eigenvalue weighted by atomic mass is 10.1. The van der Waals surface area contributed by atoms with E-state index in [4.69, 9.17) is 5.11 Å². The van der Waals surface area contributed by atoms with Crippen molar-refractivity contribution < 1.29 is 14.3 Å². The minimum atomic E-state index is -0.525. The average Bonchev–Trinajstić information content (AvgIpc) is 2.30. The molecule has 1 amide bonds. The van der Waals surface area contributed by atoms with Gasteiger partial charge in [0.25, 0.3) is 5.91 Å². The Bertz CT molecular complexity index is 472. The minimum absolute atomic E-state index is 0.0498. The third-order valence-electron chi connectivity index (χ3n) is 2.08. The maximum atomic E-state index is 13.6. The van der Waals surface area contributed by atoms with Gasteiger partial charge in [-0.2, -0.15) is 0 Å². The summed E-state index contributed by atoms with van der Waals surface area (Å²) in [6, 6.07) is 4.18. The Morgan fingerprint density at radius 3 is 2.71 bits per heavy atom. The summed E-state index contributed by atoms with van der Waals surface area (Å²) in [6.07, 6.45) is 0.303. The van der Waals surface area contributed by atoms with Crippen LogP contribution in [0.25, 0.3) is 0 Å². The summed E-state index contributed by atoms with van der Waals surface area (Å²) < 4.78 is 13.6. The van der Waals surface area contributed by atoms with Crippen LogP contribution in [0.5, 0.6) is 0 Å². The van der Waals surface area contributed by atoms with Gasteiger partial charge < -0.3 is 10.0 Å². The van der Waals surface area contributed by atoms with E-state index in [1.54, 1.807) is 14.1 Å². The lowest BCUT2D eigenvalue weighted by Crippen LogP contribution is -2.21. The molecule has 4 heteroatoms. The Labute approximate surface area is 99.9 Å². The molecule has 1 aromatic carbocycles. The van der Waals surface area contributed by atoms with E-state index in [2.05, 4.69) is 11.8 Å². The molecule has 1 aromatic rings. The molecule has 0 radical (unpaired) electrons. The number of hydrogen-bond acceptors (Lipinski definition) is 2. The van der Waals surface area contributed by atoms with Gasteiger partial charge >= 0.3 is 0 Å². The predicted octanol–water partition coefficient (Wildman–Crippen LogP) is 1.26. The topological polar surface area (TPSA) is 40.5 Å². The fraction of sp³-hybridized carbons (Fsp3) is 0.308. The minimum Gasteiger partial charge on any atom is -0.395 e. The molecule has 0 aliphatic rings. The number of benzene rings is 1. The molecule has 0 spiro atoms. The van der Waals surface area contributed by atoms with E-state index in [1.165, 1.54) is 23.1 Å². The first-order valence-electron chi connectivity index (χ1n) is 5.17. The zero-order valence-corrected chi connectivity index (χ0v) is 9.83. The first-order valence-corrected chi connectivity index (χ1v) is 5.17. The van der Waals surface area contributed by atoms with Crippen molar-refractivity contribution in [3.63, 3.8) is 0 Å². The predicted molar refractivity (Wildman–Crippen MR) is 63.0 cm³/mol. The van der Waals surface area contributed by atoms with Crippen LogP contribution in [0.1, 0.15) is 22.3 Å². The van der Waals surface area contributed by atoms with E-state index in [0.717, 1.165) is 0 Å². The largest absolute Gasteiger partial charge is 0.395 e. The molecule has 1 rings (SSSR count). The summed E-state index contributed by atoms with van der Waals surface area (Å²) in [5, 5.41) is 8.55. The van der Waals surface area contributed by atoms with Gasteiger partial charge in [0.2, 0.25) is 0 Å². The number of aliphatic hydroxyl groups is 1. The van der Waals surface area contributed by atoms with Crippen molar-refractivity contribution in [2.75, 3.05) is 20.7 Å². The molecule has 1 N–H and O–H groups in total. The zero-order valence-electron chi connectivity index (χ0n) is 9.83. The van der Waals surface area contributed by atoms with Crippen molar-refractivity contribution in [1.82, 2.24) is 4.90 Å². The molecule has 0 aliphatic heterocycles. The molecule has 3 nitrogen and oxygen atoms in total. The lowest BCUT2D eigenvalue weighted by Gasteiger charge is -2.10. The van der Waals surface area contributed by atoms with Crippen molar-refractivity contribution in [3.05, 3.63) is 35.1 Å². The highest BCUT2D eigenvalue weighted by molar-refractivity contribution is 5.94. The molecule has 0 saturated carbocycles. The number of halogens is 1. The van der Waals surface area contributed by atoms with Crippen LogP contribution in [-0.2, 0) is 0 Å². The number of amides is 1. The Kier molecular flexibility index (Phi) is 4.68. The van der Waals surface area contributed by atoms with Crippen molar-refractivity contribution in [2.24, 2.45) is 0 Å². The highest BCUT2D eigenvalue weighted by atomic mass is 19.1. The second kappa shape index (κ2) is 6.02. The van der Waals surface area contributed by atoms with Crippen molar-refractivity contribution in [1.29, 1.82) is 0 Å². The van der Waals surface area contributed by atoms with Crippen LogP contribution in [0.3, 0.4) is 0 Å². The molecular formula is C13H14FNO2. The van der Waals surface area contributed by atoms with Gasteiger partial charge in [-0.15, -0.1) is 0 Å². The van der Waals surface area contributed by atoms with Crippen molar-refractivity contribution in [2.45, 2.75) is 6.42 Å². The Hall–Kier alpha value is -1.86. The highest BCUT2D eigenvalue weighted by Gasteiger charge is 2.10. The molecule has 0 heterocycles. The van der Waals surface area contributed by atoms with E-state index < -0.39 is 5.82 Å². The summed E-state index contributed by atoms with van der Waals surface area (Å²) >= 11 is 0. The summed E-state index contributed by atoms with van der Waals surface area (Å²) in [7, 11) is 3.21. The van der Waals surface area contributed by atoms with Crippen molar-refractivity contribution in [3.8, 4) is 11.8 Å². The molecule has 0 saturated heterocycles. The quantitative estimate of drug-likeness (QED) is 0.784. The first-order chi connectivity index (χ1) is 8.06. The molecule has 0 aliphatic carbocycles. The van der Waals surface area contributed by atoms with Crippen LogP contribution in [-0.4, -0.2) is 36.6 Å². The number of carbonyl (C=O) groups excluding carboxylic acids is 1. The lowest BCUT2D eigenvalue weighted by molar-refractivity contribution is 0.0827. The highest BCUT2D eigenvalue weighted by Crippen LogP contribution is 2.10. The van der Waals surface area contributed by atoms with Gasteiger partial charge in [-0.3, -0.25) is 4.79 Å².